The minimum atomic E-state index is -1.29. The smallest absolute Gasteiger partial charge is 0.332 e. The summed E-state index contributed by atoms with van der Waals surface area (Å²) in [6, 6.07) is 2.83. The van der Waals surface area contributed by atoms with Crippen molar-refractivity contribution in [3.63, 3.8) is 0 Å². The van der Waals surface area contributed by atoms with Crippen LogP contribution in [0.3, 0.4) is 0 Å². The van der Waals surface area contributed by atoms with Crippen LogP contribution in [0.4, 0.5) is 4.39 Å². The Kier molecular flexibility index (Phi) is 7.77. The van der Waals surface area contributed by atoms with Crippen LogP contribution in [-0.4, -0.2) is 27.1 Å². The third kappa shape index (κ3) is 4.72. The summed E-state index contributed by atoms with van der Waals surface area (Å²) in [5.41, 5.74) is -0.239. The van der Waals surface area contributed by atoms with Crippen LogP contribution in [0, 0.1) is 18.7 Å². The van der Waals surface area contributed by atoms with Crippen LogP contribution in [0.2, 0.25) is 0 Å². The number of carbonyl (C=O) groups excluding carboxylic acids is 1. The highest BCUT2D eigenvalue weighted by Crippen LogP contribution is 2.31. The number of hydrogen-bond donors (Lipinski definition) is 1. The number of aromatic nitrogens is 2. The SMILES string of the molecule is CCc1sc2c(c1C)c(=O)n(C(C)C(=O)CC(C)C)c(=O)n2C[C@H](O)c1cc(F)ccc1OC. The molecular formula is C25H31FN2O5S. The standard InChI is InChI=1S/C25H31FN2O5S/c1-7-21-14(4)22-23(31)28(15(5)18(29)10-13(2)3)25(32)27(24(22)34-21)12-19(30)17-11-16(26)8-9-20(17)33-6/h8-9,11,13,15,19,30H,7,10,12H2,1-6H3/t15?,19-/m0/s1. The monoisotopic (exact) mass is 490 g/mol. The molecule has 9 heteroatoms. The van der Waals surface area contributed by atoms with Crippen molar-refractivity contribution in [3.8, 4) is 5.75 Å². The fourth-order valence-corrected chi connectivity index (χ4v) is 5.44. The molecule has 0 bridgehead atoms. The highest BCUT2D eigenvalue weighted by atomic mass is 32.1. The number of rotatable bonds is 9. The van der Waals surface area contributed by atoms with Crippen LogP contribution >= 0.6 is 11.3 Å². The molecule has 0 aliphatic carbocycles. The molecule has 1 aromatic carbocycles. The number of benzene rings is 1. The zero-order valence-electron chi connectivity index (χ0n) is 20.3. The van der Waals surface area contributed by atoms with Crippen molar-refractivity contribution in [3.05, 3.63) is 60.9 Å². The Morgan fingerprint density at radius 3 is 2.50 bits per heavy atom. The van der Waals surface area contributed by atoms with Gasteiger partial charge in [0.05, 0.1) is 25.1 Å². The number of nitrogens with zero attached hydrogens (tertiary/aromatic N) is 2. The van der Waals surface area contributed by atoms with Gasteiger partial charge < -0.3 is 9.84 Å². The van der Waals surface area contributed by atoms with Gasteiger partial charge in [0.15, 0.2) is 5.78 Å². The number of halogens is 1. The maximum absolute atomic E-state index is 13.9. The lowest BCUT2D eigenvalue weighted by atomic mass is 10.0. The maximum Gasteiger partial charge on any atom is 0.332 e. The van der Waals surface area contributed by atoms with Crippen LogP contribution in [0.1, 0.15) is 62.3 Å². The van der Waals surface area contributed by atoms with E-state index < -0.39 is 29.2 Å². The molecule has 1 N–H and O–H groups in total. The van der Waals surface area contributed by atoms with Crippen LogP contribution < -0.4 is 16.0 Å². The lowest BCUT2D eigenvalue weighted by Crippen LogP contribution is -2.44. The van der Waals surface area contributed by atoms with Crippen molar-refractivity contribution < 1.29 is 19.0 Å². The van der Waals surface area contributed by atoms with Crippen molar-refractivity contribution >= 4 is 27.3 Å². The Labute approximate surface area is 201 Å². The number of aliphatic hydroxyl groups excluding tert-OH is 1. The summed E-state index contributed by atoms with van der Waals surface area (Å²) in [5.74, 6) is -0.404. The number of fused-ring (bicyclic) bond motifs is 1. The number of aliphatic hydroxyl groups is 1. The van der Waals surface area contributed by atoms with E-state index in [4.69, 9.17) is 4.74 Å². The van der Waals surface area contributed by atoms with Crippen LogP contribution in [0.25, 0.3) is 10.2 Å². The summed E-state index contributed by atoms with van der Waals surface area (Å²) in [7, 11) is 1.41. The largest absolute Gasteiger partial charge is 0.496 e. The molecule has 184 valence electrons. The number of hydrogen-bond acceptors (Lipinski definition) is 6. The third-order valence-electron chi connectivity index (χ3n) is 6.03. The maximum atomic E-state index is 13.9. The number of aryl methyl sites for hydroxylation is 2. The second kappa shape index (κ2) is 10.2. The van der Waals surface area contributed by atoms with Gasteiger partial charge in [0.25, 0.3) is 5.56 Å². The predicted molar refractivity (Wildman–Crippen MR) is 132 cm³/mol. The first-order valence-electron chi connectivity index (χ1n) is 11.3. The molecule has 0 saturated carbocycles. The van der Waals surface area contributed by atoms with Crippen molar-refractivity contribution in [2.75, 3.05) is 7.11 Å². The minimum absolute atomic E-state index is 0.0773. The number of Topliss-reactive ketones (excluding diaryl/α,β-unsaturated/α-hetero) is 1. The third-order valence-corrected chi connectivity index (χ3v) is 7.49. The highest BCUT2D eigenvalue weighted by molar-refractivity contribution is 7.18. The van der Waals surface area contributed by atoms with Gasteiger partial charge in [-0.3, -0.25) is 14.2 Å². The summed E-state index contributed by atoms with van der Waals surface area (Å²) in [6.45, 7) is 8.90. The predicted octanol–water partition coefficient (Wildman–Crippen LogP) is 4.15. The average Bonchev–Trinajstić information content (AvgIpc) is 3.12. The van der Waals surface area contributed by atoms with E-state index in [9.17, 15) is 23.9 Å². The number of methoxy groups -OCH3 is 1. The quantitative estimate of drug-likeness (QED) is 0.487. The molecule has 2 heterocycles. The van der Waals surface area contributed by atoms with Crippen LogP contribution in [0.15, 0.2) is 27.8 Å². The fraction of sp³-hybridized carbons (Fsp3) is 0.480. The number of ether oxygens (including phenoxy) is 1. The lowest BCUT2D eigenvalue weighted by Gasteiger charge is -2.20. The Hall–Kier alpha value is -2.78. The van der Waals surface area contributed by atoms with E-state index in [1.54, 1.807) is 6.92 Å². The molecule has 0 aliphatic heterocycles. The van der Waals surface area contributed by atoms with Crippen LogP contribution in [0.5, 0.6) is 5.75 Å². The van der Waals surface area contributed by atoms with Crippen molar-refractivity contribution in [1.29, 1.82) is 0 Å². The van der Waals surface area contributed by atoms with E-state index in [1.165, 1.54) is 35.1 Å². The van der Waals surface area contributed by atoms with Crippen molar-refractivity contribution in [1.82, 2.24) is 9.13 Å². The molecule has 3 aromatic rings. The first kappa shape index (κ1) is 25.8. The molecule has 34 heavy (non-hydrogen) atoms. The lowest BCUT2D eigenvalue weighted by molar-refractivity contribution is -0.122. The summed E-state index contributed by atoms with van der Waals surface area (Å²) in [6.07, 6.45) is -0.385. The molecule has 0 spiro atoms. The van der Waals surface area contributed by atoms with Gasteiger partial charge in [0, 0.05) is 16.9 Å². The van der Waals surface area contributed by atoms with Gasteiger partial charge in [0.1, 0.15) is 22.5 Å². The molecule has 3 rings (SSSR count). The van der Waals surface area contributed by atoms with Gasteiger partial charge in [-0.15, -0.1) is 11.3 Å². The first-order chi connectivity index (χ1) is 16.0. The number of thiophene rings is 1. The molecule has 0 fully saturated rings. The molecule has 7 nitrogen and oxygen atoms in total. The molecular weight excluding hydrogens is 459 g/mol. The topological polar surface area (TPSA) is 90.5 Å². The number of carbonyl (C=O) groups is 1. The van der Waals surface area contributed by atoms with Crippen molar-refractivity contribution in [2.45, 2.75) is 66.2 Å². The van der Waals surface area contributed by atoms with E-state index in [-0.39, 0.29) is 36.0 Å². The summed E-state index contributed by atoms with van der Waals surface area (Å²) >= 11 is 1.32. The van der Waals surface area contributed by atoms with Gasteiger partial charge in [0.2, 0.25) is 0 Å². The van der Waals surface area contributed by atoms with Gasteiger partial charge in [-0.05, 0) is 49.9 Å². The van der Waals surface area contributed by atoms with Gasteiger partial charge in [-0.2, -0.15) is 0 Å². The molecule has 0 radical (unpaired) electrons. The second-order valence-corrected chi connectivity index (χ2v) is 9.98. The summed E-state index contributed by atoms with van der Waals surface area (Å²) in [4.78, 5) is 41.2. The minimum Gasteiger partial charge on any atom is -0.496 e. The molecule has 2 aromatic heterocycles. The van der Waals surface area contributed by atoms with E-state index >= 15 is 0 Å². The van der Waals surface area contributed by atoms with E-state index in [0.29, 0.717) is 16.6 Å². The average molecular weight is 491 g/mol. The normalized spacial score (nSPS) is 13.4. The summed E-state index contributed by atoms with van der Waals surface area (Å²) < 4.78 is 21.5. The Bertz CT molecular complexity index is 1340. The zero-order valence-corrected chi connectivity index (χ0v) is 21.2. The van der Waals surface area contributed by atoms with Crippen LogP contribution in [-0.2, 0) is 17.8 Å². The van der Waals surface area contributed by atoms with Gasteiger partial charge in [-0.25, -0.2) is 13.8 Å². The zero-order chi connectivity index (χ0) is 25.3. The Morgan fingerprint density at radius 1 is 1.24 bits per heavy atom. The van der Waals surface area contributed by atoms with E-state index in [0.717, 1.165) is 21.1 Å². The molecule has 0 saturated heterocycles. The van der Waals surface area contributed by atoms with E-state index in [1.807, 2.05) is 27.7 Å². The molecule has 0 amide bonds. The number of ketones is 1. The molecule has 0 aliphatic rings. The van der Waals surface area contributed by atoms with Gasteiger partial charge >= 0.3 is 5.69 Å². The van der Waals surface area contributed by atoms with Crippen molar-refractivity contribution in [2.24, 2.45) is 5.92 Å². The van der Waals surface area contributed by atoms with E-state index in [2.05, 4.69) is 0 Å². The second-order valence-electron chi connectivity index (χ2n) is 8.89. The highest BCUT2D eigenvalue weighted by Gasteiger charge is 2.27. The Morgan fingerprint density at radius 2 is 1.91 bits per heavy atom. The first-order valence-corrected chi connectivity index (χ1v) is 12.1. The fourth-order valence-electron chi connectivity index (χ4n) is 4.20. The molecule has 1 unspecified atom stereocenters. The molecule has 2 atom stereocenters. The summed E-state index contributed by atoms with van der Waals surface area (Å²) in [5, 5.41) is 11.4. The Balaban J connectivity index is 2.25. The van der Waals surface area contributed by atoms with Gasteiger partial charge in [-0.1, -0.05) is 20.8 Å².